The summed E-state index contributed by atoms with van der Waals surface area (Å²) in [6, 6.07) is 0.421. The van der Waals surface area contributed by atoms with E-state index in [9.17, 15) is 18.0 Å². The lowest BCUT2D eigenvalue weighted by Crippen LogP contribution is -2.37. The van der Waals surface area contributed by atoms with Crippen molar-refractivity contribution in [3.8, 4) is 0 Å². The summed E-state index contributed by atoms with van der Waals surface area (Å²) >= 11 is 0. The van der Waals surface area contributed by atoms with E-state index in [0.717, 1.165) is 13.0 Å². The number of amides is 1. The first kappa shape index (κ1) is 15.2. The van der Waals surface area contributed by atoms with Crippen LogP contribution in [0.2, 0.25) is 0 Å². The summed E-state index contributed by atoms with van der Waals surface area (Å²) in [4.78, 5) is 12.5. The molecule has 0 bridgehead atoms. The minimum absolute atomic E-state index is 0.0737. The Morgan fingerprint density at radius 1 is 1.31 bits per heavy atom. The fraction of sp³-hybridized carbons (Fsp3) is 0.900. The highest BCUT2D eigenvalue weighted by Crippen LogP contribution is 2.13. The maximum absolute atomic E-state index is 11.8. The molecule has 0 aliphatic carbocycles. The molecule has 0 unspecified atom stereocenters. The lowest BCUT2D eigenvalue weighted by Gasteiger charge is -2.20. The lowest BCUT2D eigenvalue weighted by molar-refractivity contribution is -0.173. The number of carbonyl (C=O) groups excluding carboxylic acids is 1. The van der Waals surface area contributed by atoms with Crippen molar-refractivity contribution in [2.24, 2.45) is 0 Å². The van der Waals surface area contributed by atoms with E-state index in [1.807, 2.05) is 26.2 Å². The van der Waals surface area contributed by atoms with Gasteiger partial charge in [-0.3, -0.25) is 4.79 Å². The van der Waals surface area contributed by atoms with Crippen molar-refractivity contribution >= 4 is 5.91 Å². The highest BCUT2D eigenvalue weighted by atomic mass is 19.4. The van der Waals surface area contributed by atoms with Gasteiger partial charge in [-0.25, -0.2) is 0 Å². The van der Waals surface area contributed by atoms with Crippen LogP contribution < -0.4 is 5.32 Å². The van der Waals surface area contributed by atoms with Gasteiger partial charge in [0.05, 0.1) is 0 Å². The van der Waals surface area contributed by atoms with E-state index in [1.165, 1.54) is 0 Å². The van der Waals surface area contributed by atoms with E-state index in [0.29, 0.717) is 12.5 Å². The molecule has 0 aromatic carbocycles. The maximum Gasteiger partial charge on any atom is 0.471 e. The van der Waals surface area contributed by atoms with Gasteiger partial charge >= 0.3 is 12.1 Å². The zero-order valence-corrected chi connectivity index (χ0v) is 9.90. The number of nitrogens with zero attached hydrogens (tertiary/aromatic N) is 1. The molecule has 0 aromatic rings. The van der Waals surface area contributed by atoms with Crippen LogP contribution in [0, 0.1) is 0 Å². The van der Waals surface area contributed by atoms with Crippen molar-refractivity contribution in [1.29, 1.82) is 0 Å². The third-order valence-electron chi connectivity index (χ3n) is 2.36. The van der Waals surface area contributed by atoms with Crippen LogP contribution in [0.3, 0.4) is 0 Å². The zero-order chi connectivity index (χ0) is 12.8. The quantitative estimate of drug-likeness (QED) is 0.718. The number of halogens is 3. The first-order valence-electron chi connectivity index (χ1n) is 5.30. The van der Waals surface area contributed by atoms with Crippen molar-refractivity contribution in [3.05, 3.63) is 0 Å². The molecule has 0 saturated heterocycles. The summed E-state index contributed by atoms with van der Waals surface area (Å²) in [5.41, 5.74) is 0. The van der Waals surface area contributed by atoms with Gasteiger partial charge in [-0.05, 0) is 40.3 Å². The molecule has 1 amide bonds. The molecule has 0 heterocycles. The molecule has 0 fully saturated rings. The predicted molar refractivity (Wildman–Crippen MR) is 56.1 cm³/mol. The normalized spacial score (nSPS) is 12.2. The van der Waals surface area contributed by atoms with Gasteiger partial charge < -0.3 is 10.2 Å². The monoisotopic (exact) mass is 240 g/mol. The Morgan fingerprint density at radius 3 is 2.31 bits per heavy atom. The van der Waals surface area contributed by atoms with Crippen LogP contribution in [-0.4, -0.2) is 43.2 Å². The van der Waals surface area contributed by atoms with Gasteiger partial charge in [0.15, 0.2) is 0 Å². The Bertz CT molecular complexity index is 217. The third-order valence-corrected chi connectivity index (χ3v) is 2.36. The molecule has 1 N–H and O–H groups in total. The average Bonchev–Trinajstić information content (AvgIpc) is 2.14. The Kier molecular flexibility index (Phi) is 6.40. The summed E-state index contributed by atoms with van der Waals surface area (Å²) in [7, 11) is 1.96. The van der Waals surface area contributed by atoms with E-state index in [2.05, 4.69) is 4.90 Å². The van der Waals surface area contributed by atoms with E-state index in [4.69, 9.17) is 0 Å². The minimum Gasteiger partial charge on any atom is -0.348 e. The van der Waals surface area contributed by atoms with E-state index < -0.39 is 12.1 Å². The van der Waals surface area contributed by atoms with E-state index in [1.54, 1.807) is 0 Å². The fourth-order valence-corrected chi connectivity index (χ4v) is 1.05. The van der Waals surface area contributed by atoms with Crippen molar-refractivity contribution < 1.29 is 18.0 Å². The smallest absolute Gasteiger partial charge is 0.348 e. The van der Waals surface area contributed by atoms with Crippen molar-refractivity contribution in [2.75, 3.05) is 20.1 Å². The van der Waals surface area contributed by atoms with E-state index >= 15 is 0 Å². The number of hydrogen-bond acceptors (Lipinski definition) is 2. The minimum atomic E-state index is -4.77. The van der Waals surface area contributed by atoms with Gasteiger partial charge in [0.25, 0.3) is 0 Å². The summed E-state index contributed by atoms with van der Waals surface area (Å²) in [5, 5.41) is 1.84. The summed E-state index contributed by atoms with van der Waals surface area (Å²) in [6.45, 7) is 4.99. The Labute approximate surface area is 94.0 Å². The Hall–Kier alpha value is -0.780. The highest BCUT2D eigenvalue weighted by molar-refractivity contribution is 5.81. The molecule has 16 heavy (non-hydrogen) atoms. The topological polar surface area (TPSA) is 32.3 Å². The van der Waals surface area contributed by atoms with Gasteiger partial charge in [-0.15, -0.1) is 0 Å². The van der Waals surface area contributed by atoms with Crippen LogP contribution in [0.4, 0.5) is 13.2 Å². The number of unbranched alkanes of at least 4 members (excludes halogenated alkanes) is 1. The molecule has 0 aliphatic rings. The second kappa shape index (κ2) is 6.73. The average molecular weight is 240 g/mol. The number of hydrogen-bond donors (Lipinski definition) is 1. The number of rotatable bonds is 6. The van der Waals surface area contributed by atoms with Gasteiger partial charge in [-0.2, -0.15) is 13.2 Å². The van der Waals surface area contributed by atoms with Gasteiger partial charge in [0.1, 0.15) is 0 Å². The molecular weight excluding hydrogens is 221 g/mol. The van der Waals surface area contributed by atoms with Crippen LogP contribution >= 0.6 is 0 Å². The zero-order valence-electron chi connectivity index (χ0n) is 9.90. The van der Waals surface area contributed by atoms with Crippen LogP contribution in [0.25, 0.3) is 0 Å². The van der Waals surface area contributed by atoms with Crippen molar-refractivity contribution in [1.82, 2.24) is 10.2 Å². The predicted octanol–water partition coefficient (Wildman–Crippen LogP) is 1.79. The molecule has 0 spiro atoms. The van der Waals surface area contributed by atoms with Crippen LogP contribution in [-0.2, 0) is 4.79 Å². The van der Waals surface area contributed by atoms with Crippen molar-refractivity contribution in [2.45, 2.75) is 38.9 Å². The molecule has 0 atom stereocenters. The molecule has 6 heteroatoms. The SMILES string of the molecule is CC(C)N(C)CCCCNC(=O)C(F)(F)F. The fourth-order valence-electron chi connectivity index (χ4n) is 1.05. The summed E-state index contributed by atoms with van der Waals surface area (Å²) in [5.74, 6) is -1.86. The largest absolute Gasteiger partial charge is 0.471 e. The van der Waals surface area contributed by atoms with Crippen LogP contribution in [0.1, 0.15) is 26.7 Å². The molecule has 0 aromatic heterocycles. The molecule has 0 saturated carbocycles. The molecule has 0 rings (SSSR count). The van der Waals surface area contributed by atoms with Gasteiger partial charge in [0, 0.05) is 12.6 Å². The second-order valence-electron chi connectivity index (χ2n) is 4.04. The second-order valence-corrected chi connectivity index (χ2v) is 4.04. The molecule has 0 aliphatic heterocycles. The van der Waals surface area contributed by atoms with Crippen molar-refractivity contribution in [3.63, 3.8) is 0 Å². The van der Waals surface area contributed by atoms with Crippen LogP contribution in [0.15, 0.2) is 0 Å². The Morgan fingerprint density at radius 2 is 1.88 bits per heavy atom. The Balaban J connectivity index is 3.52. The van der Waals surface area contributed by atoms with Gasteiger partial charge in [0.2, 0.25) is 0 Å². The molecule has 3 nitrogen and oxygen atoms in total. The molecule has 0 radical (unpaired) electrons. The molecule has 96 valence electrons. The number of alkyl halides is 3. The lowest BCUT2D eigenvalue weighted by atomic mass is 10.2. The molecular formula is C10H19F3N2O. The highest BCUT2D eigenvalue weighted by Gasteiger charge is 2.38. The number of nitrogens with one attached hydrogen (secondary N) is 1. The summed E-state index contributed by atoms with van der Waals surface area (Å²) in [6.07, 6.45) is -3.44. The third kappa shape index (κ3) is 6.66. The maximum atomic E-state index is 11.8. The summed E-state index contributed by atoms with van der Waals surface area (Å²) < 4.78 is 35.3. The van der Waals surface area contributed by atoms with Crippen LogP contribution in [0.5, 0.6) is 0 Å². The van der Waals surface area contributed by atoms with Gasteiger partial charge in [-0.1, -0.05) is 0 Å². The first-order valence-corrected chi connectivity index (χ1v) is 5.30. The first-order chi connectivity index (χ1) is 7.25. The van der Waals surface area contributed by atoms with E-state index in [-0.39, 0.29) is 6.54 Å². The number of carbonyl (C=O) groups is 1. The standard InChI is InChI=1S/C10H19F3N2O/c1-8(2)15(3)7-5-4-6-14-9(16)10(11,12)13/h8H,4-7H2,1-3H3,(H,14,16).